The first kappa shape index (κ1) is 13.6. The fourth-order valence-corrected chi connectivity index (χ4v) is 3.75. The molecule has 1 aromatic carbocycles. The predicted octanol–water partition coefficient (Wildman–Crippen LogP) is 2.13. The highest BCUT2D eigenvalue weighted by molar-refractivity contribution is 7.91. The van der Waals surface area contributed by atoms with Crippen LogP contribution in [-0.4, -0.2) is 26.0 Å². The molecule has 1 aromatic rings. The molecule has 0 radical (unpaired) electrons. The molecule has 2 unspecified atom stereocenters. The highest BCUT2D eigenvalue weighted by Crippen LogP contribution is 2.24. The third-order valence-electron chi connectivity index (χ3n) is 3.67. The number of sulfone groups is 1. The molecule has 0 aromatic heterocycles. The molecule has 3 nitrogen and oxygen atoms in total. The second-order valence-corrected chi connectivity index (χ2v) is 7.51. The summed E-state index contributed by atoms with van der Waals surface area (Å²) in [5.74, 6) is 0. The first-order valence-electron chi connectivity index (χ1n) is 6.52. The van der Waals surface area contributed by atoms with Crippen molar-refractivity contribution in [1.82, 2.24) is 5.32 Å². The Morgan fingerprint density at radius 2 is 1.94 bits per heavy atom. The van der Waals surface area contributed by atoms with Gasteiger partial charge in [0.15, 0.2) is 0 Å². The Bertz CT molecular complexity index is 470. The van der Waals surface area contributed by atoms with Crippen LogP contribution in [0.15, 0.2) is 30.3 Å². The molecule has 0 saturated heterocycles. The molecule has 2 atom stereocenters. The van der Waals surface area contributed by atoms with Crippen LogP contribution in [0, 0.1) is 0 Å². The van der Waals surface area contributed by atoms with E-state index in [-0.39, 0.29) is 5.25 Å². The van der Waals surface area contributed by atoms with Crippen LogP contribution in [0.2, 0.25) is 0 Å². The monoisotopic (exact) mass is 267 g/mol. The third kappa shape index (κ3) is 3.82. The summed E-state index contributed by atoms with van der Waals surface area (Å²) in [6.07, 6.45) is 5.02. The molecule has 1 aliphatic carbocycles. The van der Waals surface area contributed by atoms with E-state index in [1.54, 1.807) is 0 Å². The van der Waals surface area contributed by atoms with Crippen LogP contribution in [0.1, 0.15) is 31.2 Å². The van der Waals surface area contributed by atoms with Gasteiger partial charge in [0.2, 0.25) is 0 Å². The van der Waals surface area contributed by atoms with Crippen molar-refractivity contribution in [2.24, 2.45) is 0 Å². The van der Waals surface area contributed by atoms with Crippen LogP contribution in [0.4, 0.5) is 0 Å². The minimum absolute atomic E-state index is 0.153. The molecule has 0 heterocycles. The standard InChI is InChI=1S/C14H21NO2S/c1-18(16,17)14-9-5-8-13(10-14)15-11-12-6-3-2-4-7-12/h2-4,6-7,13-15H,5,8-11H2,1H3. The van der Waals surface area contributed by atoms with Gasteiger partial charge in [-0.2, -0.15) is 0 Å². The summed E-state index contributed by atoms with van der Waals surface area (Å²) < 4.78 is 23.2. The smallest absolute Gasteiger partial charge is 0.150 e. The molecule has 0 aliphatic heterocycles. The molecule has 4 heteroatoms. The summed E-state index contributed by atoms with van der Waals surface area (Å²) >= 11 is 0. The molecule has 18 heavy (non-hydrogen) atoms. The van der Waals surface area contributed by atoms with E-state index in [1.165, 1.54) is 11.8 Å². The van der Waals surface area contributed by atoms with Crippen LogP contribution in [0.5, 0.6) is 0 Å². The van der Waals surface area contributed by atoms with Gasteiger partial charge in [-0.1, -0.05) is 36.8 Å². The SMILES string of the molecule is CS(=O)(=O)C1CCCC(NCc2ccccc2)C1. The molecule has 1 aliphatic rings. The lowest BCUT2D eigenvalue weighted by atomic mass is 9.95. The van der Waals surface area contributed by atoms with E-state index in [1.807, 2.05) is 18.2 Å². The van der Waals surface area contributed by atoms with Crippen LogP contribution in [0.25, 0.3) is 0 Å². The maximum absolute atomic E-state index is 11.6. The number of hydrogen-bond donors (Lipinski definition) is 1. The van der Waals surface area contributed by atoms with E-state index >= 15 is 0 Å². The zero-order valence-corrected chi connectivity index (χ0v) is 11.6. The van der Waals surface area contributed by atoms with Gasteiger partial charge in [0.25, 0.3) is 0 Å². The van der Waals surface area contributed by atoms with Gasteiger partial charge in [-0.25, -0.2) is 8.42 Å². The molecule has 1 fully saturated rings. The molecule has 0 spiro atoms. The quantitative estimate of drug-likeness (QED) is 0.909. The highest BCUT2D eigenvalue weighted by atomic mass is 32.2. The fraction of sp³-hybridized carbons (Fsp3) is 0.571. The normalized spacial score (nSPS) is 24.9. The van der Waals surface area contributed by atoms with Gasteiger partial charge in [-0.05, 0) is 24.8 Å². The zero-order valence-electron chi connectivity index (χ0n) is 10.8. The molecular formula is C14H21NO2S. The molecule has 0 amide bonds. The van der Waals surface area contributed by atoms with Gasteiger partial charge in [0.1, 0.15) is 9.84 Å². The Kier molecular flexibility index (Phi) is 4.40. The van der Waals surface area contributed by atoms with Gasteiger partial charge in [0.05, 0.1) is 5.25 Å². The predicted molar refractivity (Wildman–Crippen MR) is 74.2 cm³/mol. The lowest BCUT2D eigenvalue weighted by Gasteiger charge is -2.28. The molecule has 1 N–H and O–H groups in total. The van der Waals surface area contributed by atoms with Crippen molar-refractivity contribution in [2.75, 3.05) is 6.26 Å². The van der Waals surface area contributed by atoms with Crippen LogP contribution in [-0.2, 0) is 16.4 Å². The van der Waals surface area contributed by atoms with Crippen molar-refractivity contribution >= 4 is 9.84 Å². The lowest BCUT2D eigenvalue weighted by molar-refractivity contribution is 0.371. The fourth-order valence-electron chi connectivity index (χ4n) is 2.58. The van der Waals surface area contributed by atoms with Crippen molar-refractivity contribution in [3.63, 3.8) is 0 Å². The molecule has 2 rings (SSSR count). The third-order valence-corrected chi connectivity index (χ3v) is 5.31. The summed E-state index contributed by atoms with van der Waals surface area (Å²) in [5.41, 5.74) is 1.25. The van der Waals surface area contributed by atoms with Gasteiger partial charge >= 0.3 is 0 Å². The maximum Gasteiger partial charge on any atom is 0.150 e. The second-order valence-electron chi connectivity index (χ2n) is 5.18. The van der Waals surface area contributed by atoms with Crippen LogP contribution >= 0.6 is 0 Å². The van der Waals surface area contributed by atoms with E-state index < -0.39 is 9.84 Å². The van der Waals surface area contributed by atoms with Crippen molar-refractivity contribution < 1.29 is 8.42 Å². The molecular weight excluding hydrogens is 246 g/mol. The summed E-state index contributed by atoms with van der Waals surface area (Å²) in [7, 11) is -2.88. The van der Waals surface area contributed by atoms with Gasteiger partial charge in [0, 0.05) is 18.8 Å². The van der Waals surface area contributed by atoms with Gasteiger partial charge in [-0.15, -0.1) is 0 Å². The Labute approximate surface area is 110 Å². The van der Waals surface area contributed by atoms with E-state index in [0.717, 1.165) is 32.2 Å². The first-order valence-corrected chi connectivity index (χ1v) is 8.47. The summed E-state index contributed by atoms with van der Waals surface area (Å²) in [4.78, 5) is 0. The minimum atomic E-state index is -2.88. The van der Waals surface area contributed by atoms with Crippen LogP contribution < -0.4 is 5.32 Å². The Hall–Kier alpha value is -0.870. The van der Waals surface area contributed by atoms with Crippen molar-refractivity contribution in [2.45, 2.75) is 43.5 Å². The van der Waals surface area contributed by atoms with Crippen LogP contribution in [0.3, 0.4) is 0 Å². The molecule has 0 bridgehead atoms. The maximum atomic E-state index is 11.6. The minimum Gasteiger partial charge on any atom is -0.310 e. The lowest BCUT2D eigenvalue weighted by Crippen LogP contribution is -2.38. The highest BCUT2D eigenvalue weighted by Gasteiger charge is 2.28. The summed E-state index contributed by atoms with van der Waals surface area (Å²) in [5, 5.41) is 3.32. The van der Waals surface area contributed by atoms with E-state index in [9.17, 15) is 8.42 Å². The first-order chi connectivity index (χ1) is 8.55. The van der Waals surface area contributed by atoms with E-state index in [4.69, 9.17) is 0 Å². The number of rotatable bonds is 4. The Morgan fingerprint density at radius 1 is 1.22 bits per heavy atom. The van der Waals surface area contributed by atoms with Crippen molar-refractivity contribution in [3.8, 4) is 0 Å². The van der Waals surface area contributed by atoms with Gasteiger partial charge in [-0.3, -0.25) is 0 Å². The van der Waals surface area contributed by atoms with Crippen molar-refractivity contribution in [1.29, 1.82) is 0 Å². The number of benzene rings is 1. The second kappa shape index (κ2) is 5.85. The number of nitrogens with one attached hydrogen (secondary N) is 1. The zero-order chi connectivity index (χ0) is 13.0. The molecule has 100 valence electrons. The van der Waals surface area contributed by atoms with Crippen molar-refractivity contribution in [3.05, 3.63) is 35.9 Å². The van der Waals surface area contributed by atoms with E-state index in [0.29, 0.717) is 6.04 Å². The Morgan fingerprint density at radius 3 is 2.61 bits per heavy atom. The number of hydrogen-bond acceptors (Lipinski definition) is 3. The average molecular weight is 267 g/mol. The molecule has 1 saturated carbocycles. The average Bonchev–Trinajstić information content (AvgIpc) is 2.37. The summed E-state index contributed by atoms with van der Waals surface area (Å²) in [6.45, 7) is 0.821. The largest absolute Gasteiger partial charge is 0.310 e. The topological polar surface area (TPSA) is 46.2 Å². The summed E-state index contributed by atoms with van der Waals surface area (Å²) in [6, 6.07) is 10.6. The van der Waals surface area contributed by atoms with E-state index in [2.05, 4.69) is 17.4 Å². The van der Waals surface area contributed by atoms with Gasteiger partial charge < -0.3 is 5.32 Å². The Balaban J connectivity index is 1.87.